The van der Waals surface area contributed by atoms with Gasteiger partial charge in [0.2, 0.25) is 5.82 Å². The van der Waals surface area contributed by atoms with Crippen molar-refractivity contribution in [1.29, 1.82) is 0 Å². The lowest BCUT2D eigenvalue weighted by atomic mass is 9.82. The summed E-state index contributed by atoms with van der Waals surface area (Å²) < 4.78 is 47.3. The molecule has 2 aromatic carbocycles. The number of rotatable bonds is 11. The van der Waals surface area contributed by atoms with E-state index in [0.717, 1.165) is 11.8 Å². The van der Waals surface area contributed by atoms with Crippen LogP contribution in [0.5, 0.6) is 0 Å². The second-order valence-corrected chi connectivity index (χ2v) is 12.9. The third kappa shape index (κ3) is 7.05. The van der Waals surface area contributed by atoms with Crippen molar-refractivity contribution < 1.29 is 32.3 Å². The van der Waals surface area contributed by atoms with Gasteiger partial charge in [-0.05, 0) is 50.2 Å². The molecular weight excluding hydrogens is 677 g/mol. The Morgan fingerprint density at radius 1 is 1.10 bits per heavy atom. The predicted octanol–water partition coefficient (Wildman–Crippen LogP) is 4.21. The average molecular weight is 717 g/mol. The first kappa shape index (κ1) is 36.4. The highest BCUT2D eigenvalue weighted by atomic mass is 19.4. The molecule has 1 unspecified atom stereocenters. The van der Waals surface area contributed by atoms with Crippen LogP contribution in [-0.2, 0) is 27.0 Å². The van der Waals surface area contributed by atoms with Gasteiger partial charge in [0.05, 0.1) is 31.1 Å². The Bertz CT molecular complexity index is 1980. The first-order valence-electron chi connectivity index (χ1n) is 16.8. The van der Waals surface area contributed by atoms with E-state index >= 15 is 0 Å². The molecule has 0 aliphatic carbocycles. The lowest BCUT2D eigenvalue weighted by Crippen LogP contribution is -2.55. The number of amides is 3. The van der Waals surface area contributed by atoms with Crippen molar-refractivity contribution in [2.24, 2.45) is 0 Å². The molecule has 12 nitrogen and oxygen atoms in total. The number of halogens is 3. The van der Waals surface area contributed by atoms with Gasteiger partial charge in [-0.3, -0.25) is 24.2 Å². The number of para-hydroxylation sites is 1. The summed E-state index contributed by atoms with van der Waals surface area (Å²) >= 11 is 0. The SMILES string of the molecule is C=C(C(=O)N(C)Cc1cccc([C@@H]2c3cnn(-c4ccccc4)c3N(CC)C(=O)[C@H]2NC(=O)c2nccc(C(F)(F)F)n2)c1)C(C)N(C)C1COC1. The molecule has 2 aliphatic heterocycles. The molecule has 3 atom stereocenters. The van der Waals surface area contributed by atoms with Gasteiger partial charge < -0.3 is 15.0 Å². The summed E-state index contributed by atoms with van der Waals surface area (Å²) in [5.41, 5.74) is 1.81. The number of hydrogen-bond acceptors (Lipinski definition) is 8. The molecule has 0 spiro atoms. The Hall–Kier alpha value is -5.41. The Balaban J connectivity index is 1.35. The van der Waals surface area contributed by atoms with E-state index in [1.54, 1.807) is 41.9 Å². The van der Waals surface area contributed by atoms with E-state index in [1.165, 1.54) is 4.90 Å². The zero-order valence-electron chi connectivity index (χ0n) is 29.2. The van der Waals surface area contributed by atoms with E-state index in [4.69, 9.17) is 4.74 Å². The Morgan fingerprint density at radius 3 is 2.48 bits per heavy atom. The summed E-state index contributed by atoms with van der Waals surface area (Å²) in [5, 5.41) is 7.29. The maximum absolute atomic E-state index is 14.4. The molecule has 4 aromatic rings. The number of anilines is 1. The number of nitrogens with one attached hydrogen (secondary N) is 1. The van der Waals surface area contributed by atoms with Crippen LogP contribution in [0.2, 0.25) is 0 Å². The van der Waals surface area contributed by atoms with Crippen LogP contribution in [0.1, 0.15) is 52.8 Å². The largest absolute Gasteiger partial charge is 0.433 e. The molecule has 6 rings (SSSR count). The molecule has 1 saturated heterocycles. The van der Waals surface area contributed by atoms with Gasteiger partial charge in [-0.15, -0.1) is 0 Å². The highest BCUT2D eigenvalue weighted by molar-refractivity contribution is 6.04. The van der Waals surface area contributed by atoms with Gasteiger partial charge in [0, 0.05) is 49.4 Å². The van der Waals surface area contributed by atoms with Crippen LogP contribution in [0.15, 0.2) is 85.2 Å². The van der Waals surface area contributed by atoms with Crippen LogP contribution in [0.3, 0.4) is 0 Å². The molecule has 272 valence electrons. The maximum atomic E-state index is 14.4. The van der Waals surface area contributed by atoms with Crippen molar-refractivity contribution in [3.05, 3.63) is 113 Å². The van der Waals surface area contributed by atoms with E-state index in [-0.39, 0.29) is 31.1 Å². The topological polar surface area (TPSA) is 126 Å². The van der Waals surface area contributed by atoms with E-state index in [1.807, 2.05) is 56.4 Å². The summed E-state index contributed by atoms with van der Waals surface area (Å²) in [5.74, 6) is -2.83. The van der Waals surface area contributed by atoms with Crippen molar-refractivity contribution in [3.8, 4) is 5.69 Å². The Labute approximate surface area is 298 Å². The minimum atomic E-state index is -4.80. The zero-order chi connectivity index (χ0) is 37.3. The van der Waals surface area contributed by atoms with Gasteiger partial charge >= 0.3 is 6.18 Å². The first-order valence-corrected chi connectivity index (χ1v) is 16.8. The van der Waals surface area contributed by atoms with Crippen LogP contribution in [-0.4, -0.2) is 99.2 Å². The number of fused-ring (bicyclic) bond motifs is 1. The minimum Gasteiger partial charge on any atom is -0.378 e. The number of ether oxygens (including phenoxy) is 1. The lowest BCUT2D eigenvalue weighted by Gasteiger charge is -2.39. The third-order valence-electron chi connectivity index (χ3n) is 9.64. The van der Waals surface area contributed by atoms with Crippen molar-refractivity contribution in [2.45, 2.75) is 50.6 Å². The molecule has 15 heteroatoms. The molecule has 0 bridgehead atoms. The second kappa shape index (κ2) is 14.7. The van der Waals surface area contributed by atoms with Crippen LogP contribution in [0, 0.1) is 0 Å². The highest BCUT2D eigenvalue weighted by Crippen LogP contribution is 2.42. The molecule has 0 radical (unpaired) electrons. The van der Waals surface area contributed by atoms with Crippen molar-refractivity contribution in [1.82, 2.24) is 34.9 Å². The molecule has 1 N–H and O–H groups in total. The Kier molecular flexibility index (Phi) is 10.3. The third-order valence-corrected chi connectivity index (χ3v) is 9.64. The molecule has 1 fully saturated rings. The number of carbonyl (C=O) groups is 3. The van der Waals surface area contributed by atoms with Crippen LogP contribution < -0.4 is 10.2 Å². The molecular formula is C37H39F3N8O4. The molecule has 52 heavy (non-hydrogen) atoms. The lowest BCUT2D eigenvalue weighted by molar-refractivity contribution is -0.141. The number of aromatic nitrogens is 4. The smallest absolute Gasteiger partial charge is 0.378 e. The van der Waals surface area contributed by atoms with E-state index < -0.39 is 41.5 Å². The van der Waals surface area contributed by atoms with Gasteiger partial charge in [-0.2, -0.15) is 18.3 Å². The standard InChI is InChI=1S/C37H39F3N8O4/c1-6-47-34-28(18-42-48(34)26-13-8-7-9-14-26)30(31(36(47)51)44-33(49)32-41-16-15-29(43-32)37(38,39)40)25-12-10-11-24(17-25)19-45(4)35(50)22(2)23(3)46(5)27-20-52-21-27/h7-18,23,27,30-31H,2,6,19-21H2,1,3-5H3,(H,44,49)/t23?,30-,31+/m1/s1. The second-order valence-electron chi connectivity index (χ2n) is 12.9. The van der Waals surface area contributed by atoms with Crippen LogP contribution in [0.4, 0.5) is 19.0 Å². The van der Waals surface area contributed by atoms with E-state index in [0.29, 0.717) is 47.5 Å². The molecule has 3 amide bonds. The van der Waals surface area contributed by atoms with Crippen LogP contribution >= 0.6 is 0 Å². The first-order chi connectivity index (χ1) is 24.8. The molecule has 0 saturated carbocycles. The van der Waals surface area contributed by atoms with Gasteiger partial charge in [0.25, 0.3) is 17.7 Å². The normalized spacial score (nSPS) is 18.1. The fourth-order valence-corrected chi connectivity index (χ4v) is 6.53. The van der Waals surface area contributed by atoms with Crippen LogP contribution in [0.25, 0.3) is 5.69 Å². The van der Waals surface area contributed by atoms with Gasteiger partial charge in [0.1, 0.15) is 17.6 Å². The quantitative estimate of drug-likeness (QED) is 0.229. The summed E-state index contributed by atoms with van der Waals surface area (Å²) in [7, 11) is 3.62. The van der Waals surface area contributed by atoms with Crippen molar-refractivity contribution >= 4 is 23.5 Å². The molecule has 2 aliphatic rings. The molecule has 2 aromatic heterocycles. The summed E-state index contributed by atoms with van der Waals surface area (Å²) in [6, 6.07) is 15.9. The van der Waals surface area contributed by atoms with Crippen molar-refractivity contribution in [2.75, 3.05) is 38.8 Å². The van der Waals surface area contributed by atoms with E-state index in [2.05, 4.69) is 31.9 Å². The monoisotopic (exact) mass is 716 g/mol. The Morgan fingerprint density at radius 2 is 1.83 bits per heavy atom. The molecule has 4 heterocycles. The summed E-state index contributed by atoms with van der Waals surface area (Å²) in [6.45, 7) is 9.42. The fraction of sp³-hybridized carbons (Fsp3) is 0.351. The minimum absolute atomic E-state index is 0.210. The number of nitrogens with zero attached hydrogens (tertiary/aromatic N) is 7. The number of likely N-dealkylation sites (N-methyl/N-ethyl adjacent to an activating group) is 3. The average Bonchev–Trinajstić information content (AvgIpc) is 3.54. The maximum Gasteiger partial charge on any atom is 0.433 e. The van der Waals surface area contributed by atoms with E-state index in [9.17, 15) is 27.6 Å². The summed E-state index contributed by atoms with van der Waals surface area (Å²) in [4.78, 5) is 53.7. The summed E-state index contributed by atoms with van der Waals surface area (Å²) in [6.07, 6.45) is -2.33. The zero-order valence-corrected chi connectivity index (χ0v) is 29.2. The number of hydrogen-bond donors (Lipinski definition) is 1. The van der Waals surface area contributed by atoms with Gasteiger partial charge in [-0.1, -0.05) is 49.0 Å². The number of benzene rings is 2. The highest BCUT2D eigenvalue weighted by Gasteiger charge is 2.45. The van der Waals surface area contributed by atoms with Gasteiger partial charge in [0.15, 0.2) is 0 Å². The predicted molar refractivity (Wildman–Crippen MR) is 186 cm³/mol. The van der Waals surface area contributed by atoms with Gasteiger partial charge in [-0.25, -0.2) is 14.6 Å². The fourth-order valence-electron chi connectivity index (χ4n) is 6.53. The van der Waals surface area contributed by atoms with Crippen molar-refractivity contribution in [3.63, 3.8) is 0 Å². The number of alkyl halides is 3. The number of carbonyl (C=O) groups excluding carboxylic acids is 3.